The normalized spacial score (nSPS) is 25.0. The maximum absolute atomic E-state index is 2.89. The summed E-state index contributed by atoms with van der Waals surface area (Å²) in [6.45, 7) is 24.6. The van der Waals surface area contributed by atoms with Crippen LogP contribution in [0.4, 0.5) is 0 Å². The van der Waals surface area contributed by atoms with E-state index in [0.717, 1.165) is 23.7 Å². The smallest absolute Gasteiger partial charge is 1.00 e. The van der Waals surface area contributed by atoms with Crippen molar-refractivity contribution in [2.75, 3.05) is 0 Å². The predicted molar refractivity (Wildman–Crippen MR) is 253 cm³/mol. The summed E-state index contributed by atoms with van der Waals surface area (Å²) in [6, 6.07) is 42.9. The van der Waals surface area contributed by atoms with Gasteiger partial charge in [0, 0.05) is 0 Å². The second kappa shape index (κ2) is 16.7. The Kier molecular flexibility index (Phi) is 12.3. The Hall–Kier alpha value is -3.09. The Labute approximate surface area is 394 Å². The molecule has 0 saturated heterocycles. The number of rotatable bonds is 6. The largest absolute Gasteiger partial charge is 1.00 e. The second-order valence-electron chi connectivity index (χ2n) is 22.1. The number of aryl methyl sites for hydroxylation is 1. The molecule has 6 aliphatic carbocycles. The van der Waals surface area contributed by atoms with Gasteiger partial charge in [0.15, 0.2) is 0 Å². The molecule has 0 nitrogen and oxygen atoms in total. The number of fused-ring (bicyclic) bond motifs is 3. The summed E-state index contributed by atoms with van der Waals surface area (Å²) in [7, 11) is 0. The van der Waals surface area contributed by atoms with Crippen LogP contribution in [-0.2, 0) is 32.1 Å². The fourth-order valence-electron chi connectivity index (χ4n) is 13.2. The molecular formula is C59H66Cl2Zr. The predicted octanol–water partition coefficient (Wildman–Crippen LogP) is 9.78. The molecule has 4 fully saturated rings. The van der Waals surface area contributed by atoms with Crippen LogP contribution in [0.2, 0.25) is 0 Å². The fourth-order valence-corrected chi connectivity index (χ4v) is 22.2. The number of allylic oxidation sites excluding steroid dienone is 4. The molecule has 4 bridgehead atoms. The molecule has 0 aromatic heterocycles. The van der Waals surface area contributed by atoms with E-state index in [2.05, 4.69) is 191 Å². The third kappa shape index (κ3) is 7.61. The Morgan fingerprint density at radius 2 is 1.05 bits per heavy atom. The number of hydrogen-bond acceptors (Lipinski definition) is 0. The molecule has 320 valence electrons. The van der Waals surface area contributed by atoms with Crippen LogP contribution < -0.4 is 24.8 Å². The summed E-state index contributed by atoms with van der Waals surface area (Å²) >= 11 is -2.89. The zero-order chi connectivity index (χ0) is 41.9. The molecule has 0 aliphatic heterocycles. The summed E-state index contributed by atoms with van der Waals surface area (Å²) < 4.78 is 3.86. The molecule has 0 heterocycles. The SMILES string of the molecule is C/[C](c1ccc(C)cc1)=[Zr+2](/[C]1=CC(C2(C)C3CC4CC(C3)CC2C4)=CC1C)[CH]1c2cc(-c3ccccc3)c(C(C)(C)C)cc2-c2cc(C(C)(C)C)c(-c3ccccc3)cc21.[Cl-].[Cl-]. The quantitative estimate of drug-likeness (QED) is 0.159. The van der Waals surface area contributed by atoms with E-state index >= 15 is 0 Å². The average molecular weight is 937 g/mol. The first-order valence-electron chi connectivity index (χ1n) is 23.3. The Morgan fingerprint density at radius 1 is 0.597 bits per heavy atom. The van der Waals surface area contributed by atoms with Crippen LogP contribution in [0.5, 0.6) is 0 Å². The zero-order valence-corrected chi connectivity index (χ0v) is 42.8. The van der Waals surface area contributed by atoms with Crippen LogP contribution in [-0.4, -0.2) is 3.21 Å². The van der Waals surface area contributed by atoms with Crippen molar-refractivity contribution in [1.29, 1.82) is 0 Å². The third-order valence-corrected chi connectivity index (χ3v) is 24.9. The summed E-state index contributed by atoms with van der Waals surface area (Å²) in [5, 5.41) is 0. The van der Waals surface area contributed by atoms with Gasteiger partial charge in [-0.25, -0.2) is 0 Å². The van der Waals surface area contributed by atoms with Gasteiger partial charge in [0.1, 0.15) is 0 Å². The van der Waals surface area contributed by atoms with Crippen LogP contribution in [0.15, 0.2) is 130 Å². The van der Waals surface area contributed by atoms with Crippen molar-refractivity contribution in [3.8, 4) is 33.4 Å². The number of halogens is 2. The Morgan fingerprint density at radius 3 is 1.48 bits per heavy atom. The molecule has 1 unspecified atom stereocenters. The van der Waals surface area contributed by atoms with Gasteiger partial charge in [0.25, 0.3) is 0 Å². The van der Waals surface area contributed by atoms with Crippen molar-refractivity contribution >= 4 is 3.21 Å². The summed E-state index contributed by atoms with van der Waals surface area (Å²) in [5.74, 6) is 4.11. The minimum absolute atomic E-state index is 0. The standard InChI is InChI=1S/C33H33.C17H23.C9H10.2ClH.Zr/c1-32(2,3)30-20-26-24(18-28(30)22-13-9-7-10-14-22)17-25-19-29(23-15-11-8-12-16-23)31(21-27(25)26)33(4,5)6;1-11-3-4-14(5-11)17(2)15-7-12-6-13(9-15)10-16(17)8-12;1-3-9-6-4-8(2)5-7-9;;;/h7-21H,1-6H3;4-5,11-13,15-16H,6-10H2,1-2H3;4-7H,1-2H3;2*1H;/q;;;;;+2/p-2. The Balaban J connectivity index is 0.00000264. The molecule has 0 radical (unpaired) electrons. The van der Waals surface area contributed by atoms with Crippen molar-refractivity contribution in [1.82, 2.24) is 0 Å². The van der Waals surface area contributed by atoms with E-state index in [0.29, 0.717) is 15.0 Å². The van der Waals surface area contributed by atoms with E-state index in [1.54, 1.807) is 19.9 Å². The van der Waals surface area contributed by atoms with Gasteiger partial charge in [0.2, 0.25) is 0 Å². The third-order valence-electron chi connectivity index (χ3n) is 16.3. The van der Waals surface area contributed by atoms with Gasteiger partial charge in [-0.05, 0) is 0 Å². The molecule has 1 atom stereocenters. The van der Waals surface area contributed by atoms with Crippen molar-refractivity contribution in [3.05, 3.63) is 164 Å². The van der Waals surface area contributed by atoms with E-state index in [1.807, 2.05) is 3.28 Å². The van der Waals surface area contributed by atoms with Gasteiger partial charge < -0.3 is 24.8 Å². The second-order valence-corrected chi connectivity index (χ2v) is 28.9. The van der Waals surface area contributed by atoms with Gasteiger partial charge in [-0.15, -0.1) is 0 Å². The van der Waals surface area contributed by atoms with Gasteiger partial charge in [0.05, 0.1) is 0 Å². The van der Waals surface area contributed by atoms with Crippen LogP contribution in [0.25, 0.3) is 33.4 Å². The van der Waals surface area contributed by atoms with Crippen LogP contribution in [0, 0.1) is 41.9 Å². The van der Waals surface area contributed by atoms with Crippen molar-refractivity contribution in [3.63, 3.8) is 0 Å². The van der Waals surface area contributed by atoms with E-state index in [9.17, 15) is 0 Å². The van der Waals surface area contributed by atoms with Crippen LogP contribution >= 0.6 is 0 Å². The molecule has 62 heavy (non-hydrogen) atoms. The molecule has 0 amide bonds. The maximum atomic E-state index is 2.88. The fraction of sp³-hybridized carbons (Fsp3) is 0.407. The minimum Gasteiger partial charge on any atom is -1.00 e. The van der Waals surface area contributed by atoms with E-state index in [4.69, 9.17) is 0 Å². The van der Waals surface area contributed by atoms with Gasteiger partial charge in [-0.2, -0.15) is 0 Å². The van der Waals surface area contributed by atoms with E-state index in [-0.39, 0.29) is 35.6 Å². The first-order chi connectivity index (χ1) is 28.6. The van der Waals surface area contributed by atoms with Gasteiger partial charge in [-0.1, -0.05) is 0 Å². The summed E-state index contributed by atoms with van der Waals surface area (Å²) in [5.41, 5.74) is 19.3. The molecule has 5 aromatic carbocycles. The Bertz CT molecular complexity index is 2460. The summed E-state index contributed by atoms with van der Waals surface area (Å²) in [4.78, 5) is 0. The monoisotopic (exact) mass is 934 g/mol. The molecular weight excluding hydrogens is 871 g/mol. The molecule has 3 heteroatoms. The molecule has 0 N–H and O–H groups in total. The topological polar surface area (TPSA) is 0 Å². The summed E-state index contributed by atoms with van der Waals surface area (Å²) in [6.07, 6.45) is 13.0. The van der Waals surface area contributed by atoms with E-state index < -0.39 is 21.3 Å². The van der Waals surface area contributed by atoms with Crippen LogP contribution in [0.1, 0.15) is 131 Å². The number of benzene rings is 5. The van der Waals surface area contributed by atoms with Crippen molar-refractivity contribution in [2.24, 2.45) is 35.0 Å². The van der Waals surface area contributed by atoms with Gasteiger partial charge in [-0.3, -0.25) is 0 Å². The molecule has 6 aliphatic rings. The molecule has 5 aromatic rings. The molecule has 0 spiro atoms. The number of hydrogen-bond donors (Lipinski definition) is 0. The van der Waals surface area contributed by atoms with Gasteiger partial charge >= 0.3 is 372 Å². The molecule has 11 rings (SSSR count). The van der Waals surface area contributed by atoms with E-state index in [1.165, 1.54) is 87.7 Å². The first kappa shape index (κ1) is 45.5. The van der Waals surface area contributed by atoms with Crippen LogP contribution in [0.3, 0.4) is 0 Å². The zero-order valence-electron chi connectivity index (χ0n) is 38.8. The molecule has 4 saturated carbocycles. The average Bonchev–Trinajstić information content (AvgIpc) is 3.76. The van der Waals surface area contributed by atoms with Crippen molar-refractivity contribution < 1.29 is 46.1 Å². The maximum Gasteiger partial charge on any atom is -1.00 e. The first-order valence-corrected chi connectivity index (χ1v) is 27.2. The minimum atomic E-state index is -2.89. The van der Waals surface area contributed by atoms with Crippen molar-refractivity contribution in [2.45, 2.75) is 116 Å².